The number of rotatable bonds is 3. The zero-order chi connectivity index (χ0) is 13.2. The lowest BCUT2D eigenvalue weighted by molar-refractivity contribution is 0.173. The topological polar surface area (TPSA) is 29.3 Å². The van der Waals surface area contributed by atoms with E-state index in [1.165, 1.54) is 23.2 Å². The van der Waals surface area contributed by atoms with Gasteiger partial charge in [0.2, 0.25) is 0 Å². The molecule has 18 heavy (non-hydrogen) atoms. The molecule has 0 aliphatic carbocycles. The molecule has 1 aliphatic heterocycles. The third-order valence-electron chi connectivity index (χ3n) is 4.29. The smallest absolute Gasteiger partial charge is 0.0150 e. The zero-order valence-corrected chi connectivity index (χ0v) is 12.0. The number of piperidine rings is 1. The fourth-order valence-corrected chi connectivity index (χ4v) is 2.53. The van der Waals surface area contributed by atoms with Gasteiger partial charge in [0.05, 0.1) is 0 Å². The first-order valence-electron chi connectivity index (χ1n) is 7.04. The Bertz CT molecular complexity index is 400. The molecular formula is C16H26N2. The van der Waals surface area contributed by atoms with E-state index >= 15 is 0 Å². The van der Waals surface area contributed by atoms with Crippen molar-refractivity contribution in [1.82, 2.24) is 4.90 Å². The van der Waals surface area contributed by atoms with Gasteiger partial charge in [0.15, 0.2) is 0 Å². The molecule has 0 spiro atoms. The summed E-state index contributed by atoms with van der Waals surface area (Å²) in [6, 6.07) is 6.82. The van der Waals surface area contributed by atoms with Gasteiger partial charge in [-0.15, -0.1) is 0 Å². The average molecular weight is 246 g/mol. The number of likely N-dealkylation sites (tertiary alicyclic amines) is 1. The van der Waals surface area contributed by atoms with Crippen molar-refractivity contribution in [1.29, 1.82) is 0 Å². The van der Waals surface area contributed by atoms with Crippen molar-refractivity contribution in [3.8, 4) is 0 Å². The van der Waals surface area contributed by atoms with Crippen LogP contribution in [0.3, 0.4) is 0 Å². The van der Waals surface area contributed by atoms with Crippen LogP contribution >= 0.6 is 0 Å². The number of hydrogen-bond acceptors (Lipinski definition) is 2. The van der Waals surface area contributed by atoms with Gasteiger partial charge in [-0.25, -0.2) is 0 Å². The highest BCUT2D eigenvalue weighted by atomic mass is 15.1. The van der Waals surface area contributed by atoms with E-state index < -0.39 is 0 Å². The van der Waals surface area contributed by atoms with E-state index in [-0.39, 0.29) is 5.54 Å². The minimum Gasteiger partial charge on any atom is -0.325 e. The second-order valence-corrected chi connectivity index (χ2v) is 6.16. The molecule has 0 atom stereocenters. The minimum absolute atomic E-state index is 0.0664. The summed E-state index contributed by atoms with van der Waals surface area (Å²) in [5, 5.41) is 0. The van der Waals surface area contributed by atoms with E-state index in [0.29, 0.717) is 0 Å². The maximum absolute atomic E-state index is 6.16. The summed E-state index contributed by atoms with van der Waals surface area (Å²) in [7, 11) is 0. The van der Waals surface area contributed by atoms with E-state index in [2.05, 4.69) is 43.9 Å². The quantitative estimate of drug-likeness (QED) is 0.888. The molecule has 0 unspecified atom stereocenters. The molecule has 2 heteroatoms. The van der Waals surface area contributed by atoms with Crippen molar-refractivity contribution < 1.29 is 0 Å². The summed E-state index contributed by atoms with van der Waals surface area (Å²) in [6.45, 7) is 10.0. The first-order valence-corrected chi connectivity index (χ1v) is 7.04. The van der Waals surface area contributed by atoms with Gasteiger partial charge in [-0.05, 0) is 69.8 Å². The van der Waals surface area contributed by atoms with Gasteiger partial charge in [0.1, 0.15) is 0 Å². The summed E-state index contributed by atoms with van der Waals surface area (Å²) in [6.07, 6.45) is 3.41. The highest BCUT2D eigenvalue weighted by molar-refractivity contribution is 5.30. The number of nitrogens with two attached hydrogens (primary N) is 1. The standard InChI is InChI=1S/C16H26N2/c1-13-4-5-15(12-14(13)2)6-9-18-10-7-16(3,17)8-11-18/h4-5,12H,6-11,17H2,1-3H3. The Morgan fingerprint density at radius 3 is 2.44 bits per heavy atom. The van der Waals surface area contributed by atoms with Crippen LogP contribution in [0.5, 0.6) is 0 Å². The van der Waals surface area contributed by atoms with Crippen LogP contribution < -0.4 is 5.73 Å². The third-order valence-corrected chi connectivity index (χ3v) is 4.29. The predicted molar refractivity (Wildman–Crippen MR) is 77.9 cm³/mol. The van der Waals surface area contributed by atoms with Gasteiger partial charge >= 0.3 is 0 Å². The second kappa shape index (κ2) is 5.41. The normalized spacial score (nSPS) is 20.0. The highest BCUT2D eigenvalue weighted by Gasteiger charge is 2.25. The van der Waals surface area contributed by atoms with Crippen LogP contribution in [0.2, 0.25) is 0 Å². The van der Waals surface area contributed by atoms with Gasteiger partial charge in [-0.1, -0.05) is 18.2 Å². The molecule has 0 amide bonds. The molecule has 0 saturated carbocycles. The van der Waals surface area contributed by atoms with E-state index in [9.17, 15) is 0 Å². The molecule has 1 fully saturated rings. The number of benzene rings is 1. The maximum Gasteiger partial charge on any atom is 0.0150 e. The van der Waals surface area contributed by atoms with Gasteiger partial charge in [0.25, 0.3) is 0 Å². The summed E-state index contributed by atoms with van der Waals surface area (Å²) in [4.78, 5) is 2.55. The van der Waals surface area contributed by atoms with E-state index in [0.717, 1.165) is 32.4 Å². The molecule has 1 aromatic carbocycles. The van der Waals surface area contributed by atoms with E-state index in [4.69, 9.17) is 5.73 Å². The molecule has 1 heterocycles. The van der Waals surface area contributed by atoms with Crippen LogP contribution in [0.4, 0.5) is 0 Å². The Morgan fingerprint density at radius 2 is 1.83 bits per heavy atom. The molecule has 0 bridgehead atoms. The van der Waals surface area contributed by atoms with Crippen molar-refractivity contribution in [2.24, 2.45) is 5.73 Å². The van der Waals surface area contributed by atoms with Crippen LogP contribution in [0.15, 0.2) is 18.2 Å². The molecular weight excluding hydrogens is 220 g/mol. The lowest BCUT2D eigenvalue weighted by Crippen LogP contribution is -2.48. The Labute approximate surface area is 111 Å². The predicted octanol–water partition coefficient (Wildman–Crippen LogP) is 2.66. The maximum atomic E-state index is 6.16. The monoisotopic (exact) mass is 246 g/mol. The Morgan fingerprint density at radius 1 is 1.17 bits per heavy atom. The molecule has 2 rings (SSSR count). The van der Waals surface area contributed by atoms with Crippen molar-refractivity contribution in [3.63, 3.8) is 0 Å². The van der Waals surface area contributed by atoms with Crippen LogP contribution in [-0.2, 0) is 6.42 Å². The van der Waals surface area contributed by atoms with Gasteiger partial charge in [-0.3, -0.25) is 0 Å². The molecule has 0 aromatic heterocycles. The fourth-order valence-electron chi connectivity index (χ4n) is 2.53. The Kier molecular flexibility index (Phi) is 4.08. The van der Waals surface area contributed by atoms with Crippen LogP contribution in [0.25, 0.3) is 0 Å². The Balaban J connectivity index is 1.83. The van der Waals surface area contributed by atoms with Crippen LogP contribution in [0, 0.1) is 13.8 Å². The molecule has 100 valence electrons. The van der Waals surface area contributed by atoms with Crippen molar-refractivity contribution in [2.45, 2.75) is 45.6 Å². The summed E-state index contributed by atoms with van der Waals surface area (Å²) in [5.74, 6) is 0. The number of nitrogens with zero attached hydrogens (tertiary/aromatic N) is 1. The van der Waals surface area contributed by atoms with E-state index in [1.807, 2.05) is 0 Å². The van der Waals surface area contributed by atoms with Gasteiger partial charge < -0.3 is 10.6 Å². The van der Waals surface area contributed by atoms with Gasteiger partial charge in [0, 0.05) is 12.1 Å². The first-order chi connectivity index (χ1) is 8.46. The van der Waals surface area contributed by atoms with Crippen LogP contribution in [-0.4, -0.2) is 30.1 Å². The summed E-state index contributed by atoms with van der Waals surface area (Å²) in [5.41, 5.74) is 10.5. The molecule has 1 saturated heterocycles. The molecule has 1 aliphatic rings. The lowest BCUT2D eigenvalue weighted by Gasteiger charge is -2.36. The first kappa shape index (κ1) is 13.6. The van der Waals surface area contributed by atoms with Crippen molar-refractivity contribution >= 4 is 0 Å². The fraction of sp³-hybridized carbons (Fsp3) is 0.625. The molecule has 2 N–H and O–H groups in total. The molecule has 1 aromatic rings. The third kappa shape index (κ3) is 3.56. The van der Waals surface area contributed by atoms with Crippen molar-refractivity contribution in [2.75, 3.05) is 19.6 Å². The van der Waals surface area contributed by atoms with Gasteiger partial charge in [-0.2, -0.15) is 0 Å². The molecule has 0 radical (unpaired) electrons. The SMILES string of the molecule is Cc1ccc(CCN2CCC(C)(N)CC2)cc1C. The van der Waals surface area contributed by atoms with Crippen molar-refractivity contribution in [3.05, 3.63) is 34.9 Å². The second-order valence-electron chi connectivity index (χ2n) is 6.16. The van der Waals surface area contributed by atoms with Crippen LogP contribution in [0.1, 0.15) is 36.5 Å². The zero-order valence-electron chi connectivity index (χ0n) is 12.0. The molecule has 2 nitrogen and oxygen atoms in total. The lowest BCUT2D eigenvalue weighted by atomic mass is 9.91. The largest absolute Gasteiger partial charge is 0.325 e. The van der Waals surface area contributed by atoms with E-state index in [1.54, 1.807) is 0 Å². The summed E-state index contributed by atoms with van der Waals surface area (Å²) < 4.78 is 0. The number of hydrogen-bond donors (Lipinski definition) is 1. The number of aryl methyl sites for hydroxylation is 2. The average Bonchev–Trinajstić information content (AvgIpc) is 2.32. The minimum atomic E-state index is 0.0664. The highest BCUT2D eigenvalue weighted by Crippen LogP contribution is 2.19. The Hall–Kier alpha value is -0.860. The summed E-state index contributed by atoms with van der Waals surface area (Å²) >= 11 is 0.